The van der Waals surface area contributed by atoms with E-state index in [0.717, 1.165) is 11.1 Å². The molecule has 2 aromatic carbocycles. The normalized spacial score (nSPS) is 11.0. The molecule has 2 N–H and O–H groups in total. The van der Waals surface area contributed by atoms with Crippen LogP contribution in [0.1, 0.15) is 16.8 Å². The lowest BCUT2D eigenvalue weighted by Crippen LogP contribution is -2.13. The van der Waals surface area contributed by atoms with Crippen LogP contribution in [0.3, 0.4) is 0 Å². The third kappa shape index (κ3) is 4.98. The maximum absolute atomic E-state index is 12.0. The summed E-state index contributed by atoms with van der Waals surface area (Å²) in [5.74, 6) is -0.871. The first-order valence-corrected chi connectivity index (χ1v) is 7.44. The molecule has 0 bridgehead atoms. The van der Waals surface area contributed by atoms with Crippen LogP contribution in [-0.4, -0.2) is 25.7 Å². The Balaban J connectivity index is 1.92. The second-order valence-corrected chi connectivity index (χ2v) is 5.08. The summed E-state index contributed by atoms with van der Waals surface area (Å²) in [7, 11) is 1.30. The highest BCUT2D eigenvalue weighted by molar-refractivity contribution is 5.90. The number of hydrogen-bond donors (Lipinski definition) is 1. The second-order valence-electron chi connectivity index (χ2n) is 5.08. The van der Waals surface area contributed by atoms with Crippen LogP contribution in [-0.2, 0) is 14.3 Å². The maximum atomic E-state index is 12.0. The van der Waals surface area contributed by atoms with Gasteiger partial charge in [0, 0.05) is 5.70 Å². The summed E-state index contributed by atoms with van der Waals surface area (Å²) in [6.45, 7) is -0.0732. The molecule has 2 aromatic rings. The van der Waals surface area contributed by atoms with Crippen molar-refractivity contribution < 1.29 is 19.1 Å². The Kier molecular flexibility index (Phi) is 6.14. The van der Waals surface area contributed by atoms with E-state index < -0.39 is 11.9 Å². The maximum Gasteiger partial charge on any atom is 0.338 e. The third-order valence-corrected chi connectivity index (χ3v) is 3.36. The molecule has 0 aliphatic rings. The van der Waals surface area contributed by atoms with E-state index in [1.807, 2.05) is 42.5 Å². The lowest BCUT2D eigenvalue weighted by atomic mass is 10.0. The van der Waals surface area contributed by atoms with E-state index in [1.54, 1.807) is 12.1 Å². The Labute approximate surface area is 140 Å². The molecule has 5 nitrogen and oxygen atoms in total. The Hall–Kier alpha value is -3.08. The minimum atomic E-state index is -0.468. The average molecular weight is 325 g/mol. The van der Waals surface area contributed by atoms with Crippen molar-refractivity contribution in [3.8, 4) is 11.1 Å². The molecule has 0 unspecified atom stereocenters. The number of nitrogens with two attached hydrogens (primary N) is 1. The Morgan fingerprint density at radius 2 is 1.62 bits per heavy atom. The Morgan fingerprint density at radius 3 is 2.25 bits per heavy atom. The molecule has 2 rings (SSSR count). The van der Waals surface area contributed by atoms with Crippen molar-refractivity contribution in [2.75, 3.05) is 13.7 Å². The number of esters is 2. The molecule has 0 saturated heterocycles. The zero-order valence-electron chi connectivity index (χ0n) is 13.4. The van der Waals surface area contributed by atoms with Gasteiger partial charge in [0.25, 0.3) is 0 Å². The number of carbonyl (C=O) groups is 2. The van der Waals surface area contributed by atoms with Crippen molar-refractivity contribution in [1.82, 2.24) is 0 Å². The minimum Gasteiger partial charge on any atom is -0.469 e. The van der Waals surface area contributed by atoms with Gasteiger partial charge in [-0.3, -0.25) is 4.79 Å². The first-order chi connectivity index (χ1) is 11.6. The zero-order chi connectivity index (χ0) is 17.4. The molecule has 0 aliphatic carbocycles. The van der Waals surface area contributed by atoms with Crippen LogP contribution in [0.5, 0.6) is 0 Å². The molecule has 0 heterocycles. The van der Waals surface area contributed by atoms with E-state index in [9.17, 15) is 9.59 Å². The molecule has 0 aliphatic heterocycles. The van der Waals surface area contributed by atoms with Gasteiger partial charge in [0.15, 0.2) is 0 Å². The topological polar surface area (TPSA) is 78.6 Å². The van der Waals surface area contributed by atoms with Gasteiger partial charge >= 0.3 is 11.9 Å². The summed E-state index contributed by atoms with van der Waals surface area (Å²) in [5.41, 5.74) is 8.51. The molecule has 0 saturated carbocycles. The predicted molar refractivity (Wildman–Crippen MR) is 91.1 cm³/mol. The standard InChI is InChI=1S/C19H19NO4/c1-23-18(21)12-11-17(20)13-24-19(22)16-9-7-15(8-10-16)14-5-3-2-4-6-14/h2-11H,12-13,20H2,1H3. The number of methoxy groups -OCH3 is 1. The highest BCUT2D eigenvalue weighted by atomic mass is 16.5. The van der Waals surface area contributed by atoms with E-state index >= 15 is 0 Å². The predicted octanol–water partition coefficient (Wildman–Crippen LogP) is 2.92. The van der Waals surface area contributed by atoms with Crippen LogP contribution in [0, 0.1) is 0 Å². The molecule has 0 fully saturated rings. The SMILES string of the molecule is COC(=O)CC=C(N)COC(=O)c1ccc(-c2ccccc2)cc1. The highest BCUT2D eigenvalue weighted by Gasteiger charge is 2.08. The number of benzene rings is 2. The summed E-state index contributed by atoms with van der Waals surface area (Å²) in [6, 6.07) is 17.0. The fourth-order valence-corrected chi connectivity index (χ4v) is 2.02. The van der Waals surface area contributed by atoms with E-state index in [2.05, 4.69) is 4.74 Å². The van der Waals surface area contributed by atoms with Gasteiger partial charge in [-0.25, -0.2) is 4.79 Å². The van der Waals surface area contributed by atoms with E-state index in [1.165, 1.54) is 13.2 Å². The molecule has 0 spiro atoms. The summed E-state index contributed by atoms with van der Waals surface area (Å²) >= 11 is 0. The smallest absolute Gasteiger partial charge is 0.338 e. The molecular weight excluding hydrogens is 306 g/mol. The van der Waals surface area contributed by atoms with Crippen molar-refractivity contribution in [3.63, 3.8) is 0 Å². The number of rotatable bonds is 6. The lowest BCUT2D eigenvalue weighted by molar-refractivity contribution is -0.139. The number of ether oxygens (including phenoxy) is 2. The largest absolute Gasteiger partial charge is 0.469 e. The van der Waals surface area contributed by atoms with Gasteiger partial charge in [0.2, 0.25) is 0 Å². The first kappa shape index (κ1) is 17.3. The fraction of sp³-hybridized carbons (Fsp3) is 0.158. The summed E-state index contributed by atoms with van der Waals surface area (Å²) in [6.07, 6.45) is 1.52. The second kappa shape index (κ2) is 8.53. The lowest BCUT2D eigenvalue weighted by Gasteiger charge is -2.06. The molecule has 0 atom stereocenters. The van der Waals surface area contributed by atoms with Crippen LogP contribution in [0.2, 0.25) is 0 Å². The van der Waals surface area contributed by atoms with E-state index in [-0.39, 0.29) is 13.0 Å². The van der Waals surface area contributed by atoms with E-state index in [4.69, 9.17) is 10.5 Å². The van der Waals surface area contributed by atoms with Crippen molar-refractivity contribution >= 4 is 11.9 Å². The quantitative estimate of drug-likeness (QED) is 0.826. The average Bonchev–Trinajstić information content (AvgIpc) is 2.64. The summed E-state index contributed by atoms with van der Waals surface area (Å²) in [5, 5.41) is 0. The number of carbonyl (C=O) groups excluding carboxylic acids is 2. The first-order valence-electron chi connectivity index (χ1n) is 7.44. The van der Waals surface area contributed by atoms with Crippen LogP contribution in [0.15, 0.2) is 66.4 Å². The van der Waals surface area contributed by atoms with Crippen LogP contribution in [0.4, 0.5) is 0 Å². The van der Waals surface area contributed by atoms with Gasteiger partial charge < -0.3 is 15.2 Å². The van der Waals surface area contributed by atoms with Gasteiger partial charge in [-0.1, -0.05) is 48.5 Å². The van der Waals surface area contributed by atoms with Gasteiger partial charge in [0.05, 0.1) is 19.1 Å². The van der Waals surface area contributed by atoms with Crippen molar-refractivity contribution in [2.45, 2.75) is 6.42 Å². The molecule has 0 aromatic heterocycles. The van der Waals surface area contributed by atoms with Crippen LogP contribution < -0.4 is 5.73 Å². The highest BCUT2D eigenvalue weighted by Crippen LogP contribution is 2.19. The Bertz CT molecular complexity index is 721. The van der Waals surface area contributed by atoms with Crippen LogP contribution >= 0.6 is 0 Å². The van der Waals surface area contributed by atoms with Gasteiger partial charge in [-0.2, -0.15) is 0 Å². The molecule has 24 heavy (non-hydrogen) atoms. The summed E-state index contributed by atoms with van der Waals surface area (Å²) in [4.78, 5) is 23.0. The van der Waals surface area contributed by atoms with Crippen molar-refractivity contribution in [3.05, 3.63) is 71.9 Å². The van der Waals surface area contributed by atoms with Crippen molar-refractivity contribution in [1.29, 1.82) is 0 Å². The van der Waals surface area contributed by atoms with Crippen LogP contribution in [0.25, 0.3) is 11.1 Å². The third-order valence-electron chi connectivity index (χ3n) is 3.36. The van der Waals surface area contributed by atoms with E-state index in [0.29, 0.717) is 11.3 Å². The van der Waals surface area contributed by atoms with Gasteiger partial charge in [-0.05, 0) is 23.3 Å². The number of hydrogen-bond acceptors (Lipinski definition) is 5. The monoisotopic (exact) mass is 325 g/mol. The molecule has 5 heteroatoms. The Morgan fingerprint density at radius 1 is 1.00 bits per heavy atom. The molecule has 0 radical (unpaired) electrons. The fourth-order valence-electron chi connectivity index (χ4n) is 2.02. The van der Waals surface area contributed by atoms with Crippen molar-refractivity contribution in [2.24, 2.45) is 5.73 Å². The molecule has 124 valence electrons. The molecule has 0 amide bonds. The zero-order valence-corrected chi connectivity index (χ0v) is 13.4. The van der Waals surface area contributed by atoms with Gasteiger partial charge in [0.1, 0.15) is 6.61 Å². The summed E-state index contributed by atoms with van der Waals surface area (Å²) < 4.78 is 9.61. The molecular formula is C19H19NO4. The minimum absolute atomic E-state index is 0.0473. The van der Waals surface area contributed by atoms with Gasteiger partial charge in [-0.15, -0.1) is 0 Å².